The minimum Gasteiger partial charge on any atom is -0.340 e. The van der Waals surface area contributed by atoms with Crippen LogP contribution in [0.2, 0.25) is 0 Å². The molecule has 1 aliphatic rings. The summed E-state index contributed by atoms with van der Waals surface area (Å²) in [7, 11) is -1.97. The molecular weight excluding hydrogens is 358 g/mol. The van der Waals surface area contributed by atoms with Crippen molar-refractivity contribution in [2.45, 2.75) is 36.7 Å². The predicted octanol–water partition coefficient (Wildman–Crippen LogP) is 1.22. The van der Waals surface area contributed by atoms with Gasteiger partial charge in [-0.2, -0.15) is 16.5 Å². The van der Waals surface area contributed by atoms with E-state index < -0.39 is 16.1 Å². The standard InChI is InChI=1S/C17H27N3O3S2/c1-13-4-6-15(7-5-13)25(22,23)19-16(9-11-24-3)17(21)20(2)14-8-10-18-12-14/h4-7,14,16,18-19H,8-12H2,1-3H3. The number of hydrogen-bond donors (Lipinski definition) is 2. The quantitative estimate of drug-likeness (QED) is 0.703. The van der Waals surface area contributed by atoms with E-state index in [0.29, 0.717) is 12.2 Å². The van der Waals surface area contributed by atoms with Crippen LogP contribution in [0.15, 0.2) is 29.2 Å². The number of rotatable bonds is 8. The second-order valence-electron chi connectivity index (χ2n) is 6.36. The summed E-state index contributed by atoms with van der Waals surface area (Å²) in [4.78, 5) is 14.7. The molecule has 0 spiro atoms. The highest BCUT2D eigenvalue weighted by molar-refractivity contribution is 7.98. The highest BCUT2D eigenvalue weighted by Crippen LogP contribution is 2.15. The van der Waals surface area contributed by atoms with E-state index in [-0.39, 0.29) is 16.8 Å². The molecule has 25 heavy (non-hydrogen) atoms. The Morgan fingerprint density at radius 3 is 2.64 bits per heavy atom. The second-order valence-corrected chi connectivity index (χ2v) is 9.06. The zero-order valence-electron chi connectivity index (χ0n) is 15.0. The molecule has 6 nitrogen and oxygen atoms in total. The number of likely N-dealkylation sites (N-methyl/N-ethyl adjacent to an activating group) is 1. The summed E-state index contributed by atoms with van der Waals surface area (Å²) in [6, 6.07) is 6.02. The molecule has 2 N–H and O–H groups in total. The first-order valence-electron chi connectivity index (χ1n) is 8.40. The van der Waals surface area contributed by atoms with E-state index in [0.717, 1.165) is 25.1 Å². The molecule has 1 aliphatic heterocycles. The highest BCUT2D eigenvalue weighted by Gasteiger charge is 2.31. The van der Waals surface area contributed by atoms with E-state index in [2.05, 4.69) is 10.0 Å². The molecule has 1 heterocycles. The maximum Gasteiger partial charge on any atom is 0.241 e. The lowest BCUT2D eigenvalue weighted by Gasteiger charge is -2.28. The van der Waals surface area contributed by atoms with E-state index in [4.69, 9.17) is 0 Å². The fourth-order valence-electron chi connectivity index (χ4n) is 2.84. The van der Waals surface area contributed by atoms with Crippen LogP contribution in [0.3, 0.4) is 0 Å². The third-order valence-corrected chi connectivity index (χ3v) is 6.60. The highest BCUT2D eigenvalue weighted by atomic mass is 32.2. The first-order chi connectivity index (χ1) is 11.8. The van der Waals surface area contributed by atoms with Gasteiger partial charge in [0.25, 0.3) is 0 Å². The fraction of sp³-hybridized carbons (Fsp3) is 0.588. The Morgan fingerprint density at radius 1 is 1.40 bits per heavy atom. The third kappa shape index (κ3) is 5.44. The number of sulfonamides is 1. The Hall–Kier alpha value is -1.09. The summed E-state index contributed by atoms with van der Waals surface area (Å²) >= 11 is 1.60. The Balaban J connectivity index is 2.15. The van der Waals surface area contributed by atoms with Gasteiger partial charge in [-0.25, -0.2) is 8.42 Å². The average Bonchev–Trinajstić information content (AvgIpc) is 3.12. The predicted molar refractivity (Wildman–Crippen MR) is 102 cm³/mol. The van der Waals surface area contributed by atoms with Crippen molar-refractivity contribution in [2.75, 3.05) is 32.1 Å². The molecule has 8 heteroatoms. The maximum absolute atomic E-state index is 12.9. The van der Waals surface area contributed by atoms with E-state index in [9.17, 15) is 13.2 Å². The van der Waals surface area contributed by atoms with Gasteiger partial charge in [-0.15, -0.1) is 0 Å². The number of hydrogen-bond acceptors (Lipinski definition) is 5. The average molecular weight is 386 g/mol. The van der Waals surface area contributed by atoms with Gasteiger partial charge < -0.3 is 10.2 Å². The molecule has 2 atom stereocenters. The zero-order chi connectivity index (χ0) is 18.4. The molecule has 0 saturated carbocycles. The lowest BCUT2D eigenvalue weighted by Crippen LogP contribution is -2.51. The number of carbonyl (C=O) groups is 1. The topological polar surface area (TPSA) is 78.5 Å². The number of aryl methyl sites for hydroxylation is 1. The van der Waals surface area contributed by atoms with Crippen LogP contribution in [0, 0.1) is 6.92 Å². The van der Waals surface area contributed by atoms with Crippen LogP contribution in [-0.4, -0.2) is 63.5 Å². The zero-order valence-corrected chi connectivity index (χ0v) is 16.6. The smallest absolute Gasteiger partial charge is 0.241 e. The molecule has 1 aromatic rings. The summed E-state index contributed by atoms with van der Waals surface area (Å²) in [5.74, 6) is 0.544. The summed E-state index contributed by atoms with van der Waals surface area (Å²) in [5, 5.41) is 3.23. The Bertz CT molecular complexity index is 671. The molecule has 140 valence electrons. The Labute approximate surface area is 154 Å². The number of amides is 1. The molecule has 1 aromatic carbocycles. The van der Waals surface area contributed by atoms with Crippen molar-refractivity contribution in [3.63, 3.8) is 0 Å². The Kier molecular flexibility index (Phi) is 7.30. The monoisotopic (exact) mass is 385 g/mol. The Morgan fingerprint density at radius 2 is 2.08 bits per heavy atom. The number of thioether (sulfide) groups is 1. The summed E-state index contributed by atoms with van der Waals surface area (Å²) in [5.41, 5.74) is 0.988. The van der Waals surface area contributed by atoms with Gasteiger partial charge in [0.1, 0.15) is 6.04 Å². The minimum atomic E-state index is -3.73. The molecule has 0 aliphatic carbocycles. The van der Waals surface area contributed by atoms with Gasteiger partial charge in [0.2, 0.25) is 15.9 Å². The summed E-state index contributed by atoms with van der Waals surface area (Å²) in [6.45, 7) is 3.54. The first-order valence-corrected chi connectivity index (χ1v) is 11.3. The maximum atomic E-state index is 12.9. The molecule has 0 radical (unpaired) electrons. The van der Waals surface area contributed by atoms with Gasteiger partial charge >= 0.3 is 0 Å². The lowest BCUT2D eigenvalue weighted by molar-refractivity contribution is -0.133. The van der Waals surface area contributed by atoms with Gasteiger partial charge in [-0.05, 0) is 50.5 Å². The number of nitrogens with zero attached hydrogens (tertiary/aromatic N) is 1. The molecule has 0 aromatic heterocycles. The molecule has 2 rings (SSSR count). The lowest BCUT2D eigenvalue weighted by atomic mass is 10.1. The minimum absolute atomic E-state index is 0.119. The van der Waals surface area contributed by atoms with Gasteiger partial charge in [0.15, 0.2) is 0 Å². The van der Waals surface area contributed by atoms with Crippen LogP contribution in [0.1, 0.15) is 18.4 Å². The van der Waals surface area contributed by atoms with E-state index >= 15 is 0 Å². The van der Waals surface area contributed by atoms with Crippen molar-refractivity contribution < 1.29 is 13.2 Å². The van der Waals surface area contributed by atoms with Crippen molar-refractivity contribution in [3.05, 3.63) is 29.8 Å². The number of nitrogens with one attached hydrogen (secondary N) is 2. The second kappa shape index (κ2) is 9.02. The first kappa shape index (κ1) is 20.2. The van der Waals surface area contributed by atoms with E-state index in [1.54, 1.807) is 48.0 Å². The third-order valence-electron chi connectivity index (χ3n) is 4.47. The molecule has 1 fully saturated rings. The van der Waals surface area contributed by atoms with Gasteiger partial charge in [-0.1, -0.05) is 17.7 Å². The van der Waals surface area contributed by atoms with Crippen molar-refractivity contribution >= 4 is 27.7 Å². The van der Waals surface area contributed by atoms with E-state index in [1.807, 2.05) is 13.2 Å². The molecule has 1 amide bonds. The molecule has 0 bridgehead atoms. The molecule has 2 unspecified atom stereocenters. The van der Waals surface area contributed by atoms with Crippen LogP contribution in [0.5, 0.6) is 0 Å². The normalized spacial score (nSPS) is 18.9. The van der Waals surface area contributed by atoms with Crippen LogP contribution < -0.4 is 10.0 Å². The summed E-state index contributed by atoms with van der Waals surface area (Å²) in [6.07, 6.45) is 3.30. The van der Waals surface area contributed by atoms with Crippen molar-refractivity contribution in [1.29, 1.82) is 0 Å². The van der Waals surface area contributed by atoms with Crippen LogP contribution in [-0.2, 0) is 14.8 Å². The van der Waals surface area contributed by atoms with Crippen LogP contribution in [0.4, 0.5) is 0 Å². The van der Waals surface area contributed by atoms with Crippen LogP contribution >= 0.6 is 11.8 Å². The molecule has 1 saturated heterocycles. The summed E-state index contributed by atoms with van der Waals surface area (Å²) < 4.78 is 27.9. The number of carbonyl (C=O) groups excluding carboxylic acids is 1. The van der Waals surface area contributed by atoms with E-state index in [1.165, 1.54) is 0 Å². The van der Waals surface area contributed by atoms with Crippen molar-refractivity contribution in [2.24, 2.45) is 0 Å². The molecular formula is C17H27N3O3S2. The fourth-order valence-corrected chi connectivity index (χ4v) is 4.53. The van der Waals surface area contributed by atoms with Gasteiger partial charge in [0, 0.05) is 19.6 Å². The number of benzene rings is 1. The SMILES string of the molecule is CSCCC(NS(=O)(=O)c1ccc(C)cc1)C(=O)N(C)C1CCNC1. The van der Waals surface area contributed by atoms with Crippen molar-refractivity contribution in [3.8, 4) is 0 Å². The van der Waals surface area contributed by atoms with Crippen LogP contribution in [0.25, 0.3) is 0 Å². The largest absolute Gasteiger partial charge is 0.340 e. The van der Waals surface area contributed by atoms with Gasteiger partial charge in [0.05, 0.1) is 4.90 Å². The van der Waals surface area contributed by atoms with Crippen molar-refractivity contribution in [1.82, 2.24) is 14.9 Å². The van der Waals surface area contributed by atoms with Gasteiger partial charge in [-0.3, -0.25) is 4.79 Å².